The van der Waals surface area contributed by atoms with Crippen LogP contribution in [-0.2, 0) is 14.3 Å². The third-order valence-corrected chi connectivity index (χ3v) is 2.58. The first-order valence-electron chi connectivity index (χ1n) is 6.36. The Balaban J connectivity index is 1.77. The van der Waals surface area contributed by atoms with Crippen LogP contribution in [0, 0.1) is 0 Å². The van der Waals surface area contributed by atoms with E-state index in [0.717, 1.165) is 11.3 Å². The minimum absolute atomic E-state index is 0.259. The molecule has 22 heavy (non-hydrogen) atoms. The molecule has 0 fully saturated rings. The smallest absolute Gasteiger partial charge is 0.331 e. The lowest BCUT2D eigenvalue weighted by atomic mass is 10.2. The van der Waals surface area contributed by atoms with Crippen LogP contribution >= 0.6 is 0 Å². The number of ether oxygens (including phenoxy) is 2. The van der Waals surface area contributed by atoms with Gasteiger partial charge >= 0.3 is 5.97 Å². The number of nitrogens with zero attached hydrogens (tertiary/aromatic N) is 1. The second-order valence-electron chi connectivity index (χ2n) is 4.15. The van der Waals surface area contributed by atoms with Gasteiger partial charge in [0.15, 0.2) is 12.4 Å². The summed E-state index contributed by atoms with van der Waals surface area (Å²) in [7, 11) is 1.58. The molecule has 1 amide bonds. The van der Waals surface area contributed by atoms with Crippen molar-refractivity contribution < 1.29 is 23.6 Å². The van der Waals surface area contributed by atoms with Gasteiger partial charge in [-0.25, -0.2) is 4.79 Å². The van der Waals surface area contributed by atoms with Crippen LogP contribution in [0.15, 0.2) is 47.2 Å². The van der Waals surface area contributed by atoms with Gasteiger partial charge in [-0.2, -0.15) is 0 Å². The average molecular weight is 302 g/mol. The average Bonchev–Trinajstić information content (AvgIpc) is 3.04. The Morgan fingerprint density at radius 1 is 1.27 bits per heavy atom. The maximum absolute atomic E-state index is 11.5. The lowest BCUT2D eigenvalue weighted by Gasteiger charge is -2.02. The molecule has 114 valence electrons. The predicted octanol–water partition coefficient (Wildman–Crippen LogP) is 1.88. The highest BCUT2D eigenvalue weighted by molar-refractivity contribution is 5.93. The molecule has 0 spiro atoms. The number of carbonyl (C=O) groups excluding carboxylic acids is 2. The summed E-state index contributed by atoms with van der Waals surface area (Å²) < 4.78 is 14.4. The van der Waals surface area contributed by atoms with Crippen molar-refractivity contribution in [2.24, 2.45) is 0 Å². The second-order valence-corrected chi connectivity index (χ2v) is 4.15. The summed E-state index contributed by atoms with van der Waals surface area (Å²) in [6, 6.07) is 8.61. The fraction of sp³-hybridized carbons (Fsp3) is 0.133. The van der Waals surface area contributed by atoms with Crippen molar-refractivity contribution in [2.45, 2.75) is 0 Å². The molecule has 0 bridgehead atoms. The van der Waals surface area contributed by atoms with Gasteiger partial charge in [0.2, 0.25) is 0 Å². The fourth-order valence-electron chi connectivity index (χ4n) is 1.52. The summed E-state index contributed by atoms with van der Waals surface area (Å²) in [5.74, 6) is -0.134. The van der Waals surface area contributed by atoms with E-state index >= 15 is 0 Å². The molecular weight excluding hydrogens is 288 g/mol. The summed E-state index contributed by atoms with van der Waals surface area (Å²) >= 11 is 0. The Morgan fingerprint density at radius 2 is 2.05 bits per heavy atom. The number of anilines is 1. The summed E-state index contributed by atoms with van der Waals surface area (Å²) in [4.78, 5) is 23.0. The Hall–Kier alpha value is -3.09. The van der Waals surface area contributed by atoms with E-state index in [0.29, 0.717) is 0 Å². The third-order valence-electron chi connectivity index (χ3n) is 2.58. The van der Waals surface area contributed by atoms with Crippen molar-refractivity contribution in [3.8, 4) is 5.75 Å². The maximum atomic E-state index is 11.5. The van der Waals surface area contributed by atoms with E-state index in [-0.39, 0.29) is 5.82 Å². The first-order valence-corrected chi connectivity index (χ1v) is 6.36. The molecule has 1 heterocycles. The van der Waals surface area contributed by atoms with Crippen LogP contribution in [0.3, 0.4) is 0 Å². The summed E-state index contributed by atoms with van der Waals surface area (Å²) in [6.45, 7) is -0.404. The van der Waals surface area contributed by atoms with Gasteiger partial charge in [0, 0.05) is 12.1 Å². The predicted molar refractivity (Wildman–Crippen MR) is 78.1 cm³/mol. The van der Waals surface area contributed by atoms with E-state index < -0.39 is 18.5 Å². The maximum Gasteiger partial charge on any atom is 0.331 e. The molecule has 0 saturated heterocycles. The number of methoxy groups -OCH3 is 1. The van der Waals surface area contributed by atoms with Crippen LogP contribution in [0.1, 0.15) is 5.56 Å². The quantitative estimate of drug-likeness (QED) is 0.647. The minimum Gasteiger partial charge on any atom is -0.497 e. The van der Waals surface area contributed by atoms with Crippen LogP contribution in [0.2, 0.25) is 0 Å². The SMILES string of the molecule is COc1ccc(/C=C/C(=O)OCC(=O)Nc2ccon2)cc1. The van der Waals surface area contributed by atoms with Gasteiger partial charge in [0.25, 0.3) is 5.91 Å². The molecule has 0 radical (unpaired) electrons. The second kappa shape index (κ2) is 7.63. The van der Waals surface area contributed by atoms with Crippen molar-refractivity contribution in [3.05, 3.63) is 48.2 Å². The minimum atomic E-state index is -0.619. The summed E-state index contributed by atoms with van der Waals surface area (Å²) in [6.07, 6.45) is 4.14. The molecule has 0 aliphatic carbocycles. The first-order chi connectivity index (χ1) is 10.7. The van der Waals surface area contributed by atoms with Gasteiger partial charge < -0.3 is 19.3 Å². The van der Waals surface area contributed by atoms with E-state index in [1.54, 1.807) is 37.5 Å². The van der Waals surface area contributed by atoms with E-state index in [1.165, 1.54) is 18.4 Å². The van der Waals surface area contributed by atoms with Crippen LogP contribution < -0.4 is 10.1 Å². The molecular formula is C15H14N2O5. The first kappa shape index (κ1) is 15.3. The van der Waals surface area contributed by atoms with E-state index in [2.05, 4.69) is 15.0 Å². The lowest BCUT2D eigenvalue weighted by Crippen LogP contribution is -2.20. The van der Waals surface area contributed by atoms with Crippen LogP contribution in [-0.4, -0.2) is 30.7 Å². The van der Waals surface area contributed by atoms with Gasteiger partial charge in [-0.05, 0) is 23.8 Å². The van der Waals surface area contributed by atoms with Gasteiger partial charge in [-0.3, -0.25) is 4.79 Å². The molecule has 7 nitrogen and oxygen atoms in total. The van der Waals surface area contributed by atoms with Crippen molar-refractivity contribution in [3.63, 3.8) is 0 Å². The van der Waals surface area contributed by atoms with Gasteiger partial charge in [0.05, 0.1) is 7.11 Å². The number of aromatic nitrogens is 1. The lowest BCUT2D eigenvalue weighted by molar-refractivity contribution is -0.142. The Bertz CT molecular complexity index is 647. The number of hydrogen-bond acceptors (Lipinski definition) is 6. The number of nitrogens with one attached hydrogen (secondary N) is 1. The highest BCUT2D eigenvalue weighted by Gasteiger charge is 2.07. The molecule has 0 unspecified atom stereocenters. The Morgan fingerprint density at radius 3 is 2.68 bits per heavy atom. The molecule has 2 rings (SSSR count). The normalized spacial score (nSPS) is 10.4. The fourth-order valence-corrected chi connectivity index (χ4v) is 1.52. The monoisotopic (exact) mass is 302 g/mol. The number of hydrogen-bond donors (Lipinski definition) is 1. The van der Waals surface area contributed by atoms with E-state index in [4.69, 9.17) is 9.47 Å². The van der Waals surface area contributed by atoms with Crippen molar-refractivity contribution >= 4 is 23.8 Å². The highest BCUT2D eigenvalue weighted by atomic mass is 16.5. The molecule has 2 aromatic rings. The summed E-state index contributed by atoms with van der Waals surface area (Å²) in [5.41, 5.74) is 0.810. The van der Waals surface area contributed by atoms with Crippen LogP contribution in [0.4, 0.5) is 5.82 Å². The van der Waals surface area contributed by atoms with E-state index in [9.17, 15) is 9.59 Å². The van der Waals surface area contributed by atoms with Crippen molar-refractivity contribution in [1.82, 2.24) is 5.16 Å². The zero-order chi connectivity index (χ0) is 15.8. The van der Waals surface area contributed by atoms with E-state index in [1.807, 2.05) is 0 Å². The topological polar surface area (TPSA) is 90.7 Å². The van der Waals surface area contributed by atoms with Crippen molar-refractivity contribution in [1.29, 1.82) is 0 Å². The van der Waals surface area contributed by atoms with Crippen molar-refractivity contribution in [2.75, 3.05) is 19.0 Å². The number of carbonyl (C=O) groups is 2. The molecule has 0 saturated carbocycles. The third kappa shape index (κ3) is 4.78. The molecule has 1 aromatic heterocycles. The number of esters is 1. The zero-order valence-corrected chi connectivity index (χ0v) is 11.8. The number of benzene rings is 1. The summed E-state index contributed by atoms with van der Waals surface area (Å²) in [5, 5.41) is 5.91. The van der Waals surface area contributed by atoms with Crippen LogP contribution in [0.25, 0.3) is 6.08 Å². The molecule has 7 heteroatoms. The van der Waals surface area contributed by atoms with Gasteiger partial charge in [-0.15, -0.1) is 0 Å². The Labute approximate surface area is 126 Å². The number of rotatable bonds is 6. The molecule has 0 atom stereocenters. The Kier molecular flexibility index (Phi) is 5.31. The van der Waals surface area contributed by atoms with Crippen LogP contribution in [0.5, 0.6) is 5.75 Å². The van der Waals surface area contributed by atoms with Gasteiger partial charge in [-0.1, -0.05) is 17.3 Å². The molecule has 0 aliphatic heterocycles. The van der Waals surface area contributed by atoms with Gasteiger partial charge in [0.1, 0.15) is 12.0 Å². The molecule has 1 aromatic carbocycles. The largest absolute Gasteiger partial charge is 0.497 e. The highest BCUT2D eigenvalue weighted by Crippen LogP contribution is 2.12. The standard InChI is InChI=1S/C15H14N2O5/c1-20-12-5-2-11(3-6-12)4-7-15(19)21-10-14(18)16-13-8-9-22-17-13/h2-9H,10H2,1H3,(H,16,17,18)/b7-4+. The molecule has 0 aliphatic rings. The molecule has 1 N–H and O–H groups in total. The zero-order valence-electron chi connectivity index (χ0n) is 11.8. The number of amides is 1.